The van der Waals surface area contributed by atoms with E-state index >= 15 is 0 Å². The molecule has 0 bridgehead atoms. The maximum absolute atomic E-state index is 6.38. The maximum Gasteiger partial charge on any atom is 0.0484 e. The van der Waals surface area contributed by atoms with Crippen molar-refractivity contribution < 1.29 is 0 Å². The summed E-state index contributed by atoms with van der Waals surface area (Å²) in [5.74, 6) is 0. The van der Waals surface area contributed by atoms with Crippen LogP contribution in [0.4, 0.5) is 0 Å². The monoisotopic (exact) mass is 314 g/mol. The lowest BCUT2D eigenvalue weighted by molar-refractivity contribution is 1.63. The Balaban J connectivity index is 2.19. The molecule has 0 heterocycles. The molecule has 0 aliphatic heterocycles. The van der Waals surface area contributed by atoms with Crippen LogP contribution < -0.4 is 0 Å². The second-order valence-electron chi connectivity index (χ2n) is 5.60. The third kappa shape index (κ3) is 2.23. The van der Waals surface area contributed by atoms with E-state index in [9.17, 15) is 0 Å². The molecule has 0 N–H and O–H groups in total. The summed E-state index contributed by atoms with van der Waals surface area (Å²) in [4.78, 5) is 0. The standard InChI is InChI=1S/C22H15Cl/c1-2-16-18(12-7-13-22(16)23)21-14-15-8-3-4-9-17(15)19-10-5-6-11-20(19)21/h2-14H,1H2. The van der Waals surface area contributed by atoms with Gasteiger partial charge < -0.3 is 0 Å². The molecule has 0 amide bonds. The smallest absolute Gasteiger partial charge is 0.0484 e. The van der Waals surface area contributed by atoms with Crippen molar-refractivity contribution in [2.24, 2.45) is 0 Å². The van der Waals surface area contributed by atoms with Gasteiger partial charge in [-0.05, 0) is 44.8 Å². The van der Waals surface area contributed by atoms with Crippen molar-refractivity contribution in [2.75, 3.05) is 0 Å². The first-order valence-electron chi connectivity index (χ1n) is 7.61. The molecule has 0 atom stereocenters. The predicted octanol–water partition coefficient (Wildman–Crippen LogP) is 6.96. The molecule has 0 radical (unpaired) electrons. The van der Waals surface area contributed by atoms with E-state index in [2.05, 4.69) is 67.2 Å². The Morgan fingerprint density at radius 1 is 0.696 bits per heavy atom. The van der Waals surface area contributed by atoms with Crippen LogP contribution in [0.2, 0.25) is 5.02 Å². The van der Waals surface area contributed by atoms with Crippen molar-refractivity contribution in [2.45, 2.75) is 0 Å². The zero-order valence-corrected chi connectivity index (χ0v) is 13.3. The number of hydrogen-bond acceptors (Lipinski definition) is 0. The molecule has 1 heteroatoms. The van der Waals surface area contributed by atoms with Crippen LogP contribution in [0.5, 0.6) is 0 Å². The molecule has 0 aromatic heterocycles. The highest BCUT2D eigenvalue weighted by Gasteiger charge is 2.11. The zero-order chi connectivity index (χ0) is 15.8. The van der Waals surface area contributed by atoms with Gasteiger partial charge in [-0.1, -0.05) is 84.9 Å². The molecule has 110 valence electrons. The van der Waals surface area contributed by atoms with Crippen molar-refractivity contribution in [1.82, 2.24) is 0 Å². The van der Waals surface area contributed by atoms with Gasteiger partial charge in [0.05, 0.1) is 0 Å². The van der Waals surface area contributed by atoms with E-state index in [0.717, 1.165) is 16.1 Å². The van der Waals surface area contributed by atoms with Crippen molar-refractivity contribution in [3.63, 3.8) is 0 Å². The first kappa shape index (κ1) is 14.0. The number of hydrogen-bond donors (Lipinski definition) is 0. The van der Waals surface area contributed by atoms with Gasteiger partial charge in [0, 0.05) is 10.6 Å². The molecule has 0 spiro atoms. The van der Waals surface area contributed by atoms with Gasteiger partial charge in [0.15, 0.2) is 0 Å². The molecular formula is C22H15Cl. The molecule has 4 rings (SSSR count). The van der Waals surface area contributed by atoms with E-state index in [1.54, 1.807) is 0 Å². The Kier molecular flexibility index (Phi) is 3.40. The summed E-state index contributed by atoms with van der Waals surface area (Å²) in [5.41, 5.74) is 3.29. The van der Waals surface area contributed by atoms with Crippen molar-refractivity contribution >= 4 is 39.2 Å². The van der Waals surface area contributed by atoms with Crippen LogP contribution >= 0.6 is 11.6 Å². The van der Waals surface area contributed by atoms with Crippen LogP contribution in [0.3, 0.4) is 0 Å². The molecule has 0 saturated heterocycles. The van der Waals surface area contributed by atoms with Crippen LogP contribution in [-0.4, -0.2) is 0 Å². The van der Waals surface area contributed by atoms with Gasteiger partial charge in [-0.2, -0.15) is 0 Å². The lowest BCUT2D eigenvalue weighted by Crippen LogP contribution is -1.88. The molecule has 4 aromatic carbocycles. The molecule has 4 aromatic rings. The van der Waals surface area contributed by atoms with E-state index in [0.29, 0.717) is 0 Å². The number of benzene rings is 4. The van der Waals surface area contributed by atoms with Gasteiger partial charge in [-0.3, -0.25) is 0 Å². The Labute approximate surface area is 140 Å². The third-order valence-electron chi connectivity index (χ3n) is 4.32. The van der Waals surface area contributed by atoms with Gasteiger partial charge >= 0.3 is 0 Å². The lowest BCUT2D eigenvalue weighted by atomic mass is 9.91. The summed E-state index contributed by atoms with van der Waals surface area (Å²) in [6, 6.07) is 25.3. The normalized spacial score (nSPS) is 11.0. The second-order valence-corrected chi connectivity index (χ2v) is 6.00. The molecule has 0 unspecified atom stereocenters. The highest BCUT2D eigenvalue weighted by Crippen LogP contribution is 2.38. The first-order chi connectivity index (χ1) is 11.3. The van der Waals surface area contributed by atoms with Crippen LogP contribution in [0, 0.1) is 0 Å². The summed E-state index contributed by atoms with van der Waals surface area (Å²) in [7, 11) is 0. The quantitative estimate of drug-likeness (QED) is 0.351. The Morgan fingerprint density at radius 3 is 2.17 bits per heavy atom. The van der Waals surface area contributed by atoms with E-state index in [1.165, 1.54) is 27.1 Å². The first-order valence-corrected chi connectivity index (χ1v) is 7.99. The molecule has 0 aliphatic carbocycles. The van der Waals surface area contributed by atoms with Crippen LogP contribution in [0.15, 0.2) is 79.4 Å². The fourth-order valence-electron chi connectivity index (χ4n) is 3.26. The maximum atomic E-state index is 6.38. The fraction of sp³-hybridized carbons (Fsp3) is 0. The average Bonchev–Trinajstić information content (AvgIpc) is 2.61. The van der Waals surface area contributed by atoms with Crippen molar-refractivity contribution in [1.29, 1.82) is 0 Å². The molecule has 0 nitrogen and oxygen atoms in total. The van der Waals surface area contributed by atoms with E-state index in [-0.39, 0.29) is 0 Å². The summed E-state index contributed by atoms with van der Waals surface area (Å²) < 4.78 is 0. The third-order valence-corrected chi connectivity index (χ3v) is 4.64. The topological polar surface area (TPSA) is 0 Å². The molecule has 23 heavy (non-hydrogen) atoms. The minimum Gasteiger partial charge on any atom is -0.0984 e. The van der Waals surface area contributed by atoms with E-state index in [1.807, 2.05) is 18.2 Å². The zero-order valence-electron chi connectivity index (χ0n) is 12.6. The summed E-state index contributed by atoms with van der Waals surface area (Å²) in [6.45, 7) is 3.94. The summed E-state index contributed by atoms with van der Waals surface area (Å²) >= 11 is 6.38. The van der Waals surface area contributed by atoms with Gasteiger partial charge in [-0.15, -0.1) is 0 Å². The average molecular weight is 315 g/mol. The Morgan fingerprint density at radius 2 is 1.39 bits per heavy atom. The number of fused-ring (bicyclic) bond motifs is 3. The fourth-order valence-corrected chi connectivity index (χ4v) is 3.51. The minimum atomic E-state index is 0.731. The van der Waals surface area contributed by atoms with Crippen molar-refractivity contribution in [3.8, 4) is 11.1 Å². The number of rotatable bonds is 2. The van der Waals surface area contributed by atoms with Crippen molar-refractivity contribution in [3.05, 3.63) is 90.0 Å². The molecule has 0 fully saturated rings. The molecular weight excluding hydrogens is 300 g/mol. The molecule has 0 aliphatic rings. The van der Waals surface area contributed by atoms with Crippen LogP contribution in [0.1, 0.15) is 5.56 Å². The van der Waals surface area contributed by atoms with Gasteiger partial charge in [0.2, 0.25) is 0 Å². The van der Waals surface area contributed by atoms with Gasteiger partial charge in [0.25, 0.3) is 0 Å². The Hall–Kier alpha value is -2.57. The largest absolute Gasteiger partial charge is 0.0984 e. The summed E-state index contributed by atoms with van der Waals surface area (Å²) in [6.07, 6.45) is 1.83. The van der Waals surface area contributed by atoms with Crippen LogP contribution in [-0.2, 0) is 0 Å². The van der Waals surface area contributed by atoms with Crippen LogP contribution in [0.25, 0.3) is 38.7 Å². The van der Waals surface area contributed by atoms with Gasteiger partial charge in [-0.25, -0.2) is 0 Å². The Bertz CT molecular complexity index is 1040. The minimum absolute atomic E-state index is 0.731. The second kappa shape index (κ2) is 5.57. The van der Waals surface area contributed by atoms with E-state index < -0.39 is 0 Å². The summed E-state index contributed by atoms with van der Waals surface area (Å²) in [5, 5.41) is 5.73. The number of halogens is 1. The van der Waals surface area contributed by atoms with Gasteiger partial charge in [0.1, 0.15) is 0 Å². The highest BCUT2D eigenvalue weighted by atomic mass is 35.5. The molecule has 0 saturated carbocycles. The van der Waals surface area contributed by atoms with E-state index in [4.69, 9.17) is 11.6 Å². The highest BCUT2D eigenvalue weighted by molar-refractivity contribution is 6.32. The predicted molar refractivity (Wildman–Crippen MR) is 102 cm³/mol. The SMILES string of the molecule is C=Cc1c(Cl)cccc1-c1cc2ccccc2c2ccccc12. The lowest BCUT2D eigenvalue weighted by Gasteiger charge is -2.14.